The molecule has 0 aliphatic carbocycles. The Bertz CT molecular complexity index is 338. The fourth-order valence-electron chi connectivity index (χ4n) is 1.07. The van der Waals surface area contributed by atoms with Gasteiger partial charge in [-0.1, -0.05) is 5.16 Å². The minimum Gasteiger partial charge on any atom is -0.409 e. The Morgan fingerprint density at radius 2 is 1.59 bits per heavy atom. The van der Waals surface area contributed by atoms with Crippen LogP contribution in [0.15, 0.2) is 5.16 Å². The molecule has 0 fully saturated rings. The number of amides is 3. The van der Waals surface area contributed by atoms with Crippen LogP contribution in [0.25, 0.3) is 0 Å². The van der Waals surface area contributed by atoms with Gasteiger partial charge in [0.2, 0.25) is 17.7 Å². The molecule has 1 atom stereocenters. The first-order valence-corrected chi connectivity index (χ1v) is 4.62. The van der Waals surface area contributed by atoms with Crippen molar-refractivity contribution in [2.24, 2.45) is 28.3 Å². The molecule has 17 heavy (non-hydrogen) atoms. The van der Waals surface area contributed by atoms with E-state index in [-0.39, 0.29) is 5.84 Å². The SMILES string of the molecule is CC(C(=O)N(CC(N)=O)CC(N)=O)/C(N)=N/O. The van der Waals surface area contributed by atoms with E-state index < -0.39 is 36.7 Å². The maximum Gasteiger partial charge on any atom is 0.237 e. The second kappa shape index (κ2) is 6.30. The lowest BCUT2D eigenvalue weighted by atomic mass is 10.1. The van der Waals surface area contributed by atoms with Gasteiger partial charge in [-0.15, -0.1) is 0 Å². The molecular formula is C8H15N5O4. The first kappa shape index (κ1) is 14.7. The lowest BCUT2D eigenvalue weighted by Gasteiger charge is -2.22. The molecule has 0 saturated heterocycles. The standard InChI is InChI=1S/C8H15N5O4/c1-4(7(11)12-17)8(16)13(2-5(9)14)3-6(10)15/h4,17H,2-3H2,1H3,(H2,9,14)(H2,10,15)(H2,11,12). The van der Waals surface area contributed by atoms with Crippen LogP contribution in [0.4, 0.5) is 0 Å². The number of carbonyl (C=O) groups excluding carboxylic acids is 3. The van der Waals surface area contributed by atoms with Gasteiger partial charge in [0.25, 0.3) is 0 Å². The van der Waals surface area contributed by atoms with Crippen LogP contribution in [0, 0.1) is 5.92 Å². The fourth-order valence-corrected chi connectivity index (χ4v) is 1.07. The van der Waals surface area contributed by atoms with E-state index in [9.17, 15) is 14.4 Å². The van der Waals surface area contributed by atoms with E-state index in [2.05, 4.69) is 5.16 Å². The third kappa shape index (κ3) is 4.82. The van der Waals surface area contributed by atoms with Crippen molar-refractivity contribution in [1.82, 2.24) is 4.90 Å². The quantitative estimate of drug-likeness (QED) is 0.171. The van der Waals surface area contributed by atoms with Gasteiger partial charge in [0.1, 0.15) is 0 Å². The van der Waals surface area contributed by atoms with Gasteiger partial charge in [-0.25, -0.2) is 0 Å². The second-order valence-electron chi connectivity index (χ2n) is 3.37. The summed E-state index contributed by atoms with van der Waals surface area (Å²) in [6.07, 6.45) is 0. The zero-order chi connectivity index (χ0) is 13.6. The Kier molecular flexibility index (Phi) is 5.44. The molecule has 0 aromatic carbocycles. The summed E-state index contributed by atoms with van der Waals surface area (Å²) in [5, 5.41) is 11.1. The summed E-state index contributed by atoms with van der Waals surface area (Å²) in [6.45, 7) is 0.419. The van der Waals surface area contributed by atoms with Crippen molar-refractivity contribution in [3.05, 3.63) is 0 Å². The van der Waals surface area contributed by atoms with Gasteiger partial charge in [0.05, 0.1) is 19.0 Å². The smallest absolute Gasteiger partial charge is 0.237 e. The summed E-state index contributed by atoms with van der Waals surface area (Å²) in [6, 6.07) is 0. The highest BCUT2D eigenvalue weighted by atomic mass is 16.4. The molecule has 0 heterocycles. The summed E-state index contributed by atoms with van der Waals surface area (Å²) in [7, 11) is 0. The molecule has 0 bridgehead atoms. The van der Waals surface area contributed by atoms with Crippen LogP contribution in [0.5, 0.6) is 0 Å². The highest BCUT2D eigenvalue weighted by Crippen LogP contribution is 2.02. The van der Waals surface area contributed by atoms with Gasteiger partial charge in [-0.2, -0.15) is 0 Å². The van der Waals surface area contributed by atoms with Crippen LogP contribution in [0.3, 0.4) is 0 Å². The molecule has 9 nitrogen and oxygen atoms in total. The van der Waals surface area contributed by atoms with Gasteiger partial charge in [-0.05, 0) is 6.92 Å². The van der Waals surface area contributed by atoms with Gasteiger partial charge in [-0.3, -0.25) is 14.4 Å². The molecule has 96 valence electrons. The molecule has 7 N–H and O–H groups in total. The predicted octanol–water partition coefficient (Wildman–Crippen LogP) is -2.83. The minimum absolute atomic E-state index is 0.339. The molecule has 0 rings (SSSR count). The van der Waals surface area contributed by atoms with E-state index in [1.807, 2.05) is 0 Å². The van der Waals surface area contributed by atoms with Crippen LogP contribution in [-0.2, 0) is 14.4 Å². The monoisotopic (exact) mass is 245 g/mol. The van der Waals surface area contributed by atoms with Crippen molar-refractivity contribution in [1.29, 1.82) is 0 Å². The van der Waals surface area contributed by atoms with E-state index in [1.54, 1.807) is 0 Å². The van der Waals surface area contributed by atoms with Crippen LogP contribution >= 0.6 is 0 Å². The number of carbonyl (C=O) groups is 3. The van der Waals surface area contributed by atoms with Crippen LogP contribution in [0.1, 0.15) is 6.92 Å². The summed E-state index contributed by atoms with van der Waals surface area (Å²) >= 11 is 0. The number of hydrogen-bond acceptors (Lipinski definition) is 5. The zero-order valence-corrected chi connectivity index (χ0v) is 9.29. The molecular weight excluding hydrogens is 230 g/mol. The van der Waals surface area contributed by atoms with Crippen molar-refractivity contribution in [3.63, 3.8) is 0 Å². The summed E-state index contributed by atoms with van der Waals surface area (Å²) in [5.74, 6) is -3.61. The lowest BCUT2D eigenvalue weighted by Crippen LogP contribution is -2.47. The van der Waals surface area contributed by atoms with Gasteiger partial charge in [0, 0.05) is 0 Å². The average molecular weight is 245 g/mol. The summed E-state index contributed by atoms with van der Waals surface area (Å²) in [4.78, 5) is 34.0. The van der Waals surface area contributed by atoms with Gasteiger partial charge >= 0.3 is 0 Å². The normalized spacial score (nSPS) is 12.9. The number of oxime groups is 1. The summed E-state index contributed by atoms with van der Waals surface area (Å²) in [5.41, 5.74) is 15.1. The van der Waals surface area contributed by atoms with Crippen LogP contribution in [-0.4, -0.2) is 46.8 Å². The molecule has 0 aromatic rings. The zero-order valence-electron chi connectivity index (χ0n) is 9.29. The molecule has 0 spiro atoms. The third-order valence-electron chi connectivity index (χ3n) is 1.93. The number of hydrogen-bond donors (Lipinski definition) is 4. The highest BCUT2D eigenvalue weighted by Gasteiger charge is 2.25. The van der Waals surface area contributed by atoms with E-state index >= 15 is 0 Å². The van der Waals surface area contributed by atoms with Gasteiger partial charge < -0.3 is 27.3 Å². The van der Waals surface area contributed by atoms with Crippen molar-refractivity contribution in [3.8, 4) is 0 Å². The number of nitrogens with zero attached hydrogens (tertiary/aromatic N) is 2. The lowest BCUT2D eigenvalue weighted by molar-refractivity contribution is -0.139. The third-order valence-corrected chi connectivity index (χ3v) is 1.93. The average Bonchev–Trinajstić information content (AvgIpc) is 2.23. The largest absolute Gasteiger partial charge is 0.409 e. The maximum absolute atomic E-state index is 11.8. The van der Waals surface area contributed by atoms with E-state index in [1.165, 1.54) is 6.92 Å². The van der Waals surface area contributed by atoms with E-state index in [4.69, 9.17) is 22.4 Å². The molecule has 9 heteroatoms. The second-order valence-corrected chi connectivity index (χ2v) is 3.37. The molecule has 0 aliphatic rings. The first-order chi connectivity index (χ1) is 7.79. The molecule has 0 radical (unpaired) electrons. The Balaban J connectivity index is 4.85. The van der Waals surface area contributed by atoms with Crippen LogP contribution in [0.2, 0.25) is 0 Å². The van der Waals surface area contributed by atoms with Crippen LogP contribution < -0.4 is 17.2 Å². The van der Waals surface area contributed by atoms with Gasteiger partial charge in [0.15, 0.2) is 5.84 Å². The van der Waals surface area contributed by atoms with Crippen molar-refractivity contribution in [2.75, 3.05) is 13.1 Å². The first-order valence-electron chi connectivity index (χ1n) is 4.62. The minimum atomic E-state index is -0.987. The van der Waals surface area contributed by atoms with Crippen molar-refractivity contribution in [2.45, 2.75) is 6.92 Å². The Hall–Kier alpha value is -2.32. The molecule has 0 aliphatic heterocycles. The predicted molar refractivity (Wildman–Crippen MR) is 57.5 cm³/mol. The van der Waals surface area contributed by atoms with Crippen molar-refractivity contribution < 1.29 is 19.6 Å². The number of primary amides is 2. The topological polar surface area (TPSA) is 165 Å². The van der Waals surface area contributed by atoms with E-state index in [0.29, 0.717) is 0 Å². The molecule has 3 amide bonds. The molecule has 1 unspecified atom stereocenters. The maximum atomic E-state index is 11.8. The summed E-state index contributed by atoms with van der Waals surface area (Å²) < 4.78 is 0. The number of rotatable bonds is 6. The fraction of sp³-hybridized carbons (Fsp3) is 0.500. The molecule has 0 saturated carbocycles. The number of amidine groups is 1. The Morgan fingerprint density at radius 3 is 1.88 bits per heavy atom. The highest BCUT2D eigenvalue weighted by molar-refractivity contribution is 6.03. The van der Waals surface area contributed by atoms with E-state index in [0.717, 1.165) is 4.90 Å². The van der Waals surface area contributed by atoms with Crippen molar-refractivity contribution >= 4 is 23.6 Å². The Morgan fingerprint density at radius 1 is 1.18 bits per heavy atom. The number of nitrogens with two attached hydrogens (primary N) is 3. The Labute approximate surface area is 97.2 Å². The molecule has 0 aromatic heterocycles.